The van der Waals surface area contributed by atoms with E-state index in [1.165, 1.54) is 12.1 Å². The van der Waals surface area contributed by atoms with Gasteiger partial charge in [-0.25, -0.2) is 4.79 Å². The molecule has 158 valence electrons. The Hall–Kier alpha value is -2.80. The molecule has 7 heteroatoms. The number of rotatable bonds is 4. The molecule has 2 aromatic rings. The van der Waals surface area contributed by atoms with Crippen LogP contribution >= 0.6 is 0 Å². The van der Waals surface area contributed by atoms with Gasteiger partial charge in [0, 0.05) is 0 Å². The fraction of sp³-hybridized carbons (Fsp3) is 0.348. The molecule has 2 unspecified atom stereocenters. The number of fused-ring (bicyclic) bond motifs is 2. The van der Waals surface area contributed by atoms with Gasteiger partial charge in [0.2, 0.25) is 0 Å². The van der Waals surface area contributed by atoms with Gasteiger partial charge in [0.15, 0.2) is 0 Å². The maximum absolute atomic E-state index is 13.0. The van der Waals surface area contributed by atoms with Gasteiger partial charge in [-0.1, -0.05) is 60.2 Å². The molecule has 2 heterocycles. The van der Waals surface area contributed by atoms with Crippen molar-refractivity contribution in [3.05, 3.63) is 82.9 Å². The first-order chi connectivity index (χ1) is 14.4. The topological polar surface area (TPSA) is 38.8 Å². The summed E-state index contributed by atoms with van der Waals surface area (Å²) in [5, 5.41) is 0. The monoisotopic (exact) mass is 417 g/mol. The van der Waals surface area contributed by atoms with E-state index in [1.54, 1.807) is 11.0 Å². The van der Waals surface area contributed by atoms with E-state index in [4.69, 9.17) is 9.47 Å². The number of hydrogen-bond acceptors (Lipinski definition) is 3. The van der Waals surface area contributed by atoms with Crippen molar-refractivity contribution in [1.29, 1.82) is 0 Å². The molecule has 1 saturated heterocycles. The van der Waals surface area contributed by atoms with E-state index in [0.717, 1.165) is 17.2 Å². The van der Waals surface area contributed by atoms with Crippen molar-refractivity contribution in [2.75, 3.05) is 13.2 Å². The summed E-state index contributed by atoms with van der Waals surface area (Å²) in [5.74, 6) is 0. The fourth-order valence-corrected chi connectivity index (χ4v) is 4.01. The summed E-state index contributed by atoms with van der Waals surface area (Å²) < 4.78 is 50.0. The van der Waals surface area contributed by atoms with E-state index in [9.17, 15) is 18.0 Å². The lowest BCUT2D eigenvalue weighted by Gasteiger charge is -2.43. The molecular formula is C23H22F3NO3. The van der Waals surface area contributed by atoms with Gasteiger partial charge in [-0.2, -0.15) is 13.2 Å². The molecule has 1 amide bonds. The molecule has 2 bridgehead atoms. The SMILES string of the molecule is O=C(OCc1ccccc1)N1C2C=C(Cc3cccc(C(F)(F)F)c3)CC1COC2. The lowest BCUT2D eigenvalue weighted by Crippen LogP contribution is -2.56. The molecular weight excluding hydrogens is 395 g/mol. The Balaban J connectivity index is 1.45. The summed E-state index contributed by atoms with van der Waals surface area (Å²) in [6, 6.07) is 14.4. The minimum absolute atomic E-state index is 0.183. The number of carbonyl (C=O) groups excluding carboxylic acids is 1. The lowest BCUT2D eigenvalue weighted by molar-refractivity contribution is -0.137. The molecule has 2 aliphatic rings. The second-order valence-corrected chi connectivity index (χ2v) is 7.61. The Bertz CT molecular complexity index is 927. The van der Waals surface area contributed by atoms with Crippen molar-refractivity contribution < 1.29 is 27.4 Å². The third-order valence-electron chi connectivity index (χ3n) is 5.38. The van der Waals surface area contributed by atoms with Crippen molar-refractivity contribution in [3.63, 3.8) is 0 Å². The van der Waals surface area contributed by atoms with Gasteiger partial charge in [-0.15, -0.1) is 0 Å². The largest absolute Gasteiger partial charge is 0.445 e. The second-order valence-electron chi connectivity index (χ2n) is 7.61. The van der Waals surface area contributed by atoms with Gasteiger partial charge >= 0.3 is 12.3 Å². The summed E-state index contributed by atoms with van der Waals surface area (Å²) in [4.78, 5) is 14.4. The number of morpholine rings is 1. The molecule has 0 N–H and O–H groups in total. The molecule has 0 saturated carbocycles. The van der Waals surface area contributed by atoms with E-state index >= 15 is 0 Å². The second kappa shape index (κ2) is 8.52. The van der Waals surface area contributed by atoms with Crippen LogP contribution in [0.2, 0.25) is 0 Å². The molecule has 4 nitrogen and oxygen atoms in total. The van der Waals surface area contributed by atoms with Crippen molar-refractivity contribution in [2.45, 2.75) is 37.7 Å². The Morgan fingerprint density at radius 1 is 1.07 bits per heavy atom. The number of amides is 1. The zero-order valence-electron chi connectivity index (χ0n) is 16.3. The van der Waals surface area contributed by atoms with Crippen molar-refractivity contribution >= 4 is 6.09 Å². The van der Waals surface area contributed by atoms with E-state index in [1.807, 2.05) is 36.4 Å². The van der Waals surface area contributed by atoms with E-state index < -0.39 is 17.8 Å². The number of benzene rings is 2. The zero-order valence-corrected chi connectivity index (χ0v) is 16.3. The minimum Gasteiger partial charge on any atom is -0.445 e. The summed E-state index contributed by atoms with van der Waals surface area (Å²) in [7, 11) is 0. The van der Waals surface area contributed by atoms with Gasteiger partial charge in [-0.3, -0.25) is 4.90 Å². The van der Waals surface area contributed by atoms with Crippen LogP contribution < -0.4 is 0 Å². The van der Waals surface area contributed by atoms with Crippen molar-refractivity contribution in [1.82, 2.24) is 4.90 Å². The van der Waals surface area contributed by atoms with Gasteiger partial charge in [-0.05, 0) is 30.0 Å². The predicted molar refractivity (Wildman–Crippen MR) is 105 cm³/mol. The van der Waals surface area contributed by atoms with E-state index in [-0.39, 0.29) is 18.7 Å². The third-order valence-corrected chi connectivity index (χ3v) is 5.38. The summed E-state index contributed by atoms with van der Waals surface area (Å²) in [6.45, 7) is 0.928. The summed E-state index contributed by atoms with van der Waals surface area (Å²) >= 11 is 0. The molecule has 4 rings (SSSR count). The maximum atomic E-state index is 13.0. The van der Waals surface area contributed by atoms with Crippen molar-refractivity contribution in [2.24, 2.45) is 0 Å². The zero-order chi connectivity index (χ0) is 21.1. The van der Waals surface area contributed by atoms with Crippen molar-refractivity contribution in [3.8, 4) is 0 Å². The number of hydrogen-bond donors (Lipinski definition) is 0. The first-order valence-corrected chi connectivity index (χ1v) is 9.82. The normalized spacial score (nSPS) is 21.2. The van der Waals surface area contributed by atoms with Gasteiger partial charge in [0.05, 0.1) is 30.9 Å². The Kier molecular flexibility index (Phi) is 5.81. The standard InChI is InChI=1S/C23H22F3NO3/c24-23(25,26)19-8-4-7-17(10-19)9-18-11-20-14-29-15-21(12-18)27(20)22(28)30-13-16-5-2-1-3-6-16/h1-8,10-11,20-21H,9,12-15H2. The molecule has 0 spiro atoms. The van der Waals surface area contributed by atoms with E-state index in [0.29, 0.717) is 31.6 Å². The molecule has 0 radical (unpaired) electrons. The molecule has 1 fully saturated rings. The smallest absolute Gasteiger partial charge is 0.416 e. The summed E-state index contributed by atoms with van der Waals surface area (Å²) in [6.07, 6.45) is -1.86. The highest BCUT2D eigenvalue weighted by Gasteiger charge is 2.39. The first-order valence-electron chi connectivity index (χ1n) is 9.82. The van der Waals surface area contributed by atoms with Crippen LogP contribution in [0.4, 0.5) is 18.0 Å². The van der Waals surface area contributed by atoms with Crippen LogP contribution in [0.1, 0.15) is 23.1 Å². The Labute approximate surface area is 172 Å². The average Bonchev–Trinajstić information content (AvgIpc) is 2.72. The van der Waals surface area contributed by atoms with Gasteiger partial charge in [0.25, 0.3) is 0 Å². The third kappa shape index (κ3) is 4.67. The van der Waals surface area contributed by atoms with Crippen LogP contribution in [-0.4, -0.2) is 36.3 Å². The van der Waals surface area contributed by atoms with Crippen LogP contribution in [0.5, 0.6) is 0 Å². The van der Waals surface area contributed by atoms with Gasteiger partial charge in [0.1, 0.15) is 6.61 Å². The van der Waals surface area contributed by atoms with Crippen LogP contribution in [0, 0.1) is 0 Å². The Morgan fingerprint density at radius 3 is 2.57 bits per heavy atom. The van der Waals surface area contributed by atoms with Crippen LogP contribution in [0.3, 0.4) is 0 Å². The fourth-order valence-electron chi connectivity index (χ4n) is 4.01. The number of nitrogens with zero attached hydrogens (tertiary/aromatic N) is 1. The predicted octanol–water partition coefficient (Wildman–Crippen LogP) is 4.98. The van der Waals surface area contributed by atoms with Crippen LogP contribution in [0.25, 0.3) is 0 Å². The number of carbonyl (C=O) groups is 1. The average molecular weight is 417 g/mol. The van der Waals surface area contributed by atoms with Crippen LogP contribution in [0.15, 0.2) is 66.2 Å². The number of ether oxygens (including phenoxy) is 2. The van der Waals surface area contributed by atoms with E-state index in [2.05, 4.69) is 0 Å². The minimum atomic E-state index is -4.36. The number of alkyl halides is 3. The highest BCUT2D eigenvalue weighted by molar-refractivity contribution is 5.69. The molecule has 2 aromatic carbocycles. The highest BCUT2D eigenvalue weighted by Crippen LogP contribution is 2.32. The molecule has 0 aromatic heterocycles. The van der Waals surface area contributed by atoms with Crippen LogP contribution in [-0.2, 0) is 28.7 Å². The van der Waals surface area contributed by atoms with Gasteiger partial charge < -0.3 is 9.47 Å². The highest BCUT2D eigenvalue weighted by atomic mass is 19.4. The quantitative estimate of drug-likeness (QED) is 0.659. The molecule has 30 heavy (non-hydrogen) atoms. The molecule has 0 aliphatic carbocycles. The molecule has 2 aliphatic heterocycles. The lowest BCUT2D eigenvalue weighted by atomic mass is 9.90. The molecule has 2 atom stereocenters. The number of halogens is 3. The Morgan fingerprint density at radius 2 is 1.83 bits per heavy atom. The summed E-state index contributed by atoms with van der Waals surface area (Å²) in [5.41, 5.74) is 1.88. The first kappa shape index (κ1) is 20.5. The maximum Gasteiger partial charge on any atom is 0.416 e.